The van der Waals surface area contributed by atoms with E-state index in [1.165, 1.54) is 0 Å². The summed E-state index contributed by atoms with van der Waals surface area (Å²) < 4.78 is 11.3. The molecule has 1 aromatic heterocycles. The first-order chi connectivity index (χ1) is 6.21. The zero-order chi connectivity index (χ0) is 9.31. The molecule has 4 heteroatoms. The number of aromatic nitrogens is 1. The number of hydrogen-bond acceptors (Lipinski definition) is 4. The topological polar surface area (TPSA) is 31.4 Å². The average molecular weight is 199 g/mol. The lowest BCUT2D eigenvalue weighted by Crippen LogP contribution is -2.39. The van der Waals surface area contributed by atoms with Crippen molar-refractivity contribution in [1.29, 1.82) is 0 Å². The molecule has 2 heterocycles. The molecule has 0 N–H and O–H groups in total. The summed E-state index contributed by atoms with van der Waals surface area (Å²) in [6, 6.07) is 0. The van der Waals surface area contributed by atoms with Crippen LogP contribution in [0.25, 0.3) is 0 Å². The Labute approximate surface area is 81.7 Å². The lowest BCUT2D eigenvalue weighted by Gasteiger charge is -2.36. The lowest BCUT2D eigenvalue weighted by atomic mass is 10.2. The van der Waals surface area contributed by atoms with E-state index in [9.17, 15) is 0 Å². The normalized spacial score (nSPS) is 34.8. The summed E-state index contributed by atoms with van der Waals surface area (Å²) >= 11 is 1.56. The molecule has 1 fully saturated rings. The molecule has 0 radical (unpaired) electrons. The summed E-state index contributed by atoms with van der Waals surface area (Å²) in [4.78, 5) is 4.21. The number of rotatable bonds is 1. The molecule has 0 bridgehead atoms. The Morgan fingerprint density at radius 2 is 2.54 bits per heavy atom. The van der Waals surface area contributed by atoms with E-state index in [4.69, 9.17) is 9.47 Å². The summed E-state index contributed by atoms with van der Waals surface area (Å²) in [5.74, 6) is -0.627. The van der Waals surface area contributed by atoms with E-state index in [0.717, 1.165) is 18.7 Å². The van der Waals surface area contributed by atoms with E-state index in [1.807, 2.05) is 12.3 Å². The maximum absolute atomic E-state index is 5.74. The third-order valence-corrected chi connectivity index (χ3v) is 2.81. The van der Waals surface area contributed by atoms with Crippen molar-refractivity contribution in [3.8, 4) is 0 Å². The van der Waals surface area contributed by atoms with Crippen molar-refractivity contribution in [3.63, 3.8) is 0 Å². The van der Waals surface area contributed by atoms with Crippen molar-refractivity contribution in [2.24, 2.45) is 0 Å². The van der Waals surface area contributed by atoms with Crippen molar-refractivity contribution < 1.29 is 9.47 Å². The summed E-state index contributed by atoms with van der Waals surface area (Å²) in [6.07, 6.45) is 1.21. The molecule has 0 spiro atoms. The second-order valence-electron chi connectivity index (χ2n) is 3.38. The highest BCUT2D eigenvalue weighted by Crippen LogP contribution is 2.32. The second-order valence-corrected chi connectivity index (χ2v) is 4.10. The number of ether oxygens (including phenoxy) is 2. The fourth-order valence-electron chi connectivity index (χ4n) is 1.47. The van der Waals surface area contributed by atoms with Crippen LogP contribution in [0.2, 0.25) is 0 Å². The Morgan fingerprint density at radius 3 is 3.15 bits per heavy atom. The molecule has 3 nitrogen and oxygen atoms in total. The molecule has 1 aliphatic rings. The van der Waals surface area contributed by atoms with Gasteiger partial charge in [0, 0.05) is 5.38 Å². The molecule has 0 aliphatic carbocycles. The maximum atomic E-state index is 5.74. The van der Waals surface area contributed by atoms with Gasteiger partial charge in [0.2, 0.25) is 5.79 Å². The third-order valence-electron chi connectivity index (χ3n) is 2.23. The fourth-order valence-corrected chi connectivity index (χ4v) is 2.11. The number of nitrogens with zero attached hydrogens (tertiary/aromatic N) is 1. The summed E-state index contributed by atoms with van der Waals surface area (Å²) in [5, 5.41) is 1.97. The minimum Gasteiger partial charge on any atom is -0.345 e. The van der Waals surface area contributed by atoms with Crippen LogP contribution in [0, 0.1) is 0 Å². The van der Waals surface area contributed by atoms with E-state index in [-0.39, 0.29) is 6.10 Å². The van der Waals surface area contributed by atoms with E-state index < -0.39 is 5.79 Å². The van der Waals surface area contributed by atoms with Crippen molar-refractivity contribution in [3.05, 3.63) is 16.6 Å². The molecule has 0 saturated carbocycles. The molecule has 0 amide bonds. The third kappa shape index (κ3) is 1.75. The largest absolute Gasteiger partial charge is 0.345 e. The maximum Gasteiger partial charge on any atom is 0.210 e. The fraction of sp³-hybridized carbons (Fsp3) is 0.667. The zero-order valence-electron chi connectivity index (χ0n) is 7.82. The van der Waals surface area contributed by atoms with Gasteiger partial charge < -0.3 is 9.47 Å². The summed E-state index contributed by atoms with van der Waals surface area (Å²) in [5.41, 5.74) is 2.68. The first-order valence-corrected chi connectivity index (χ1v) is 5.35. The van der Waals surface area contributed by atoms with Gasteiger partial charge in [-0.3, -0.25) is 0 Å². The van der Waals surface area contributed by atoms with Crippen LogP contribution in [0.15, 0.2) is 10.9 Å². The summed E-state index contributed by atoms with van der Waals surface area (Å²) in [7, 11) is 0. The van der Waals surface area contributed by atoms with Crippen molar-refractivity contribution in [1.82, 2.24) is 4.98 Å². The van der Waals surface area contributed by atoms with Crippen LogP contribution in [-0.4, -0.2) is 17.7 Å². The average Bonchev–Trinajstić information content (AvgIpc) is 2.55. The Bertz CT molecular complexity index is 275. The van der Waals surface area contributed by atoms with Gasteiger partial charge in [-0.05, 0) is 20.3 Å². The smallest absolute Gasteiger partial charge is 0.210 e. The standard InChI is InChI=1S/C9H13NO2S/c1-7-3-4-11-9(2,12-7)8-5-13-6-10-8/h5-7H,3-4H2,1-2H3. The predicted octanol–water partition coefficient (Wildman–Crippen LogP) is 2.14. The molecular formula is C9H13NO2S. The van der Waals surface area contributed by atoms with Crippen LogP contribution >= 0.6 is 11.3 Å². The monoisotopic (exact) mass is 199 g/mol. The van der Waals surface area contributed by atoms with Crippen molar-refractivity contribution in [2.45, 2.75) is 32.2 Å². The van der Waals surface area contributed by atoms with Crippen LogP contribution in [-0.2, 0) is 15.3 Å². The molecule has 13 heavy (non-hydrogen) atoms. The predicted molar refractivity (Wildman–Crippen MR) is 50.6 cm³/mol. The van der Waals surface area contributed by atoms with Gasteiger partial charge in [0.25, 0.3) is 0 Å². The molecule has 0 aromatic carbocycles. The molecule has 2 rings (SSSR count). The van der Waals surface area contributed by atoms with E-state index in [2.05, 4.69) is 11.9 Å². The number of hydrogen-bond donors (Lipinski definition) is 0. The van der Waals surface area contributed by atoms with Gasteiger partial charge >= 0.3 is 0 Å². The Balaban J connectivity index is 2.20. The number of thiazole rings is 1. The van der Waals surface area contributed by atoms with Gasteiger partial charge in [0.15, 0.2) is 0 Å². The van der Waals surface area contributed by atoms with Gasteiger partial charge in [-0.1, -0.05) is 0 Å². The Kier molecular flexibility index (Phi) is 2.36. The highest BCUT2D eigenvalue weighted by molar-refractivity contribution is 7.07. The van der Waals surface area contributed by atoms with Crippen LogP contribution in [0.1, 0.15) is 26.0 Å². The molecule has 1 aliphatic heterocycles. The highest BCUT2D eigenvalue weighted by atomic mass is 32.1. The van der Waals surface area contributed by atoms with Crippen LogP contribution in [0.4, 0.5) is 0 Å². The lowest BCUT2D eigenvalue weighted by molar-refractivity contribution is -0.290. The Hall–Kier alpha value is -0.450. The zero-order valence-corrected chi connectivity index (χ0v) is 8.63. The molecule has 2 unspecified atom stereocenters. The van der Waals surface area contributed by atoms with Gasteiger partial charge in [0.1, 0.15) is 5.69 Å². The molecular weight excluding hydrogens is 186 g/mol. The summed E-state index contributed by atoms with van der Waals surface area (Å²) in [6.45, 7) is 4.74. The first kappa shape index (κ1) is 9.12. The van der Waals surface area contributed by atoms with Crippen LogP contribution < -0.4 is 0 Å². The van der Waals surface area contributed by atoms with Crippen molar-refractivity contribution >= 4 is 11.3 Å². The quantitative estimate of drug-likeness (QED) is 0.694. The van der Waals surface area contributed by atoms with Crippen LogP contribution in [0.5, 0.6) is 0 Å². The van der Waals surface area contributed by atoms with E-state index in [1.54, 1.807) is 16.8 Å². The minimum absolute atomic E-state index is 0.250. The van der Waals surface area contributed by atoms with Gasteiger partial charge in [-0.2, -0.15) is 0 Å². The van der Waals surface area contributed by atoms with E-state index in [0.29, 0.717) is 0 Å². The first-order valence-electron chi connectivity index (χ1n) is 4.41. The van der Waals surface area contributed by atoms with Crippen LogP contribution in [0.3, 0.4) is 0 Å². The highest BCUT2D eigenvalue weighted by Gasteiger charge is 2.35. The van der Waals surface area contributed by atoms with Gasteiger partial charge in [-0.25, -0.2) is 4.98 Å². The second kappa shape index (κ2) is 3.36. The van der Waals surface area contributed by atoms with Gasteiger partial charge in [0.05, 0.1) is 18.2 Å². The SMILES string of the molecule is CC1CCOC(C)(c2cscn2)O1. The molecule has 1 saturated heterocycles. The van der Waals surface area contributed by atoms with Gasteiger partial charge in [-0.15, -0.1) is 11.3 Å². The molecule has 2 atom stereocenters. The van der Waals surface area contributed by atoms with Crippen molar-refractivity contribution in [2.75, 3.05) is 6.61 Å². The minimum atomic E-state index is -0.627. The Morgan fingerprint density at radius 1 is 1.69 bits per heavy atom. The van der Waals surface area contributed by atoms with E-state index >= 15 is 0 Å². The molecule has 1 aromatic rings. The molecule has 72 valence electrons.